The highest BCUT2D eigenvalue weighted by Crippen LogP contribution is 2.26. The van der Waals surface area contributed by atoms with Crippen molar-refractivity contribution in [2.24, 2.45) is 0 Å². The fourth-order valence-electron chi connectivity index (χ4n) is 1.98. The Kier molecular flexibility index (Phi) is 4.69. The summed E-state index contributed by atoms with van der Waals surface area (Å²) in [7, 11) is -1.50. The van der Waals surface area contributed by atoms with Crippen molar-refractivity contribution in [1.29, 1.82) is 0 Å². The number of rotatable bonds is 6. The van der Waals surface area contributed by atoms with Crippen LogP contribution in [0.5, 0.6) is 0 Å². The molecule has 1 unspecified atom stereocenters. The molecule has 1 aromatic rings. The molecule has 1 aliphatic rings. The lowest BCUT2D eigenvalue weighted by atomic mass is 10.3. The van der Waals surface area contributed by atoms with Crippen LogP contribution in [0.3, 0.4) is 0 Å². The molecule has 1 aliphatic carbocycles. The number of nitrogens with zero attached hydrogens (tertiary/aromatic N) is 2. The third kappa shape index (κ3) is 3.69. The standard InChI is InChI=1S/C13H20ClN3O2S/c1-9-6-12(8-15-13(9)14)20(18,19)16-7-10(2)17(3)11-4-5-11/h6,8,10-11,16H,4-5,7H2,1-3H3. The molecule has 5 nitrogen and oxygen atoms in total. The summed E-state index contributed by atoms with van der Waals surface area (Å²) in [4.78, 5) is 6.25. The first-order valence-electron chi connectivity index (χ1n) is 6.65. The summed E-state index contributed by atoms with van der Waals surface area (Å²) >= 11 is 5.81. The largest absolute Gasteiger partial charge is 0.299 e. The molecule has 1 saturated carbocycles. The molecule has 20 heavy (non-hydrogen) atoms. The molecule has 1 atom stereocenters. The summed E-state index contributed by atoms with van der Waals surface area (Å²) in [6.07, 6.45) is 3.69. The van der Waals surface area contributed by atoms with Crippen LogP contribution in [0, 0.1) is 6.92 Å². The summed E-state index contributed by atoms with van der Waals surface area (Å²) in [6.45, 7) is 4.14. The van der Waals surface area contributed by atoms with E-state index in [0.717, 1.165) is 0 Å². The minimum Gasteiger partial charge on any atom is -0.299 e. The molecule has 0 amide bonds. The van der Waals surface area contributed by atoms with E-state index in [1.165, 1.54) is 25.1 Å². The molecule has 0 aromatic carbocycles. The number of nitrogens with one attached hydrogen (secondary N) is 1. The van der Waals surface area contributed by atoms with Crippen LogP contribution in [-0.4, -0.2) is 44.0 Å². The fraction of sp³-hybridized carbons (Fsp3) is 0.615. The van der Waals surface area contributed by atoms with Crippen LogP contribution in [0.1, 0.15) is 25.3 Å². The van der Waals surface area contributed by atoms with Crippen molar-refractivity contribution in [3.05, 3.63) is 23.0 Å². The smallest absolute Gasteiger partial charge is 0.242 e. The van der Waals surface area contributed by atoms with Crippen LogP contribution in [0.25, 0.3) is 0 Å². The van der Waals surface area contributed by atoms with Gasteiger partial charge in [0, 0.05) is 24.8 Å². The van der Waals surface area contributed by atoms with Crippen molar-refractivity contribution in [2.75, 3.05) is 13.6 Å². The monoisotopic (exact) mass is 317 g/mol. The Morgan fingerprint density at radius 3 is 2.75 bits per heavy atom. The second-order valence-electron chi connectivity index (χ2n) is 5.38. The van der Waals surface area contributed by atoms with E-state index in [1.807, 2.05) is 14.0 Å². The minimum atomic E-state index is -3.53. The maximum absolute atomic E-state index is 12.2. The lowest BCUT2D eigenvalue weighted by molar-refractivity contribution is 0.248. The van der Waals surface area contributed by atoms with E-state index in [1.54, 1.807) is 6.92 Å². The number of hydrogen-bond donors (Lipinski definition) is 1. The summed E-state index contributed by atoms with van der Waals surface area (Å²) in [5.41, 5.74) is 0.651. The molecular weight excluding hydrogens is 298 g/mol. The van der Waals surface area contributed by atoms with E-state index < -0.39 is 10.0 Å². The molecule has 0 bridgehead atoms. The molecule has 0 radical (unpaired) electrons. The van der Waals surface area contributed by atoms with Crippen molar-refractivity contribution in [1.82, 2.24) is 14.6 Å². The predicted octanol–water partition coefficient (Wildman–Crippen LogP) is 1.80. The van der Waals surface area contributed by atoms with E-state index in [4.69, 9.17) is 11.6 Å². The van der Waals surface area contributed by atoms with Gasteiger partial charge in [0.1, 0.15) is 10.0 Å². The zero-order valence-corrected chi connectivity index (χ0v) is 13.5. The first kappa shape index (κ1) is 15.7. The maximum atomic E-state index is 12.2. The number of likely N-dealkylation sites (N-methyl/N-ethyl adjacent to an activating group) is 1. The van der Waals surface area contributed by atoms with Crippen molar-refractivity contribution < 1.29 is 8.42 Å². The number of pyridine rings is 1. The molecular formula is C13H20ClN3O2S. The molecule has 0 spiro atoms. The molecule has 112 valence electrons. The van der Waals surface area contributed by atoms with E-state index in [2.05, 4.69) is 14.6 Å². The molecule has 1 heterocycles. The highest BCUT2D eigenvalue weighted by molar-refractivity contribution is 7.89. The summed E-state index contributed by atoms with van der Waals surface area (Å²) < 4.78 is 27.0. The topological polar surface area (TPSA) is 62.3 Å². The first-order chi connectivity index (χ1) is 9.31. The maximum Gasteiger partial charge on any atom is 0.242 e. The average Bonchev–Trinajstić information content (AvgIpc) is 3.22. The predicted molar refractivity (Wildman–Crippen MR) is 79.4 cm³/mol. The van der Waals surface area contributed by atoms with Gasteiger partial charge in [-0.25, -0.2) is 18.1 Å². The zero-order valence-electron chi connectivity index (χ0n) is 11.9. The highest BCUT2D eigenvalue weighted by Gasteiger charge is 2.29. The number of hydrogen-bond acceptors (Lipinski definition) is 4. The Balaban J connectivity index is 2.01. The van der Waals surface area contributed by atoms with Gasteiger partial charge in [0.15, 0.2) is 0 Å². The highest BCUT2D eigenvalue weighted by atomic mass is 35.5. The number of sulfonamides is 1. The second-order valence-corrected chi connectivity index (χ2v) is 7.50. The summed E-state index contributed by atoms with van der Waals surface area (Å²) in [5, 5.41) is 0.325. The van der Waals surface area contributed by atoms with E-state index in [-0.39, 0.29) is 10.9 Å². The van der Waals surface area contributed by atoms with Crippen LogP contribution in [0.15, 0.2) is 17.2 Å². The van der Waals surface area contributed by atoms with Crippen molar-refractivity contribution in [3.8, 4) is 0 Å². The quantitative estimate of drug-likeness (QED) is 0.813. The molecule has 1 fully saturated rings. The van der Waals surface area contributed by atoms with E-state index in [9.17, 15) is 8.42 Å². The third-order valence-corrected chi connectivity index (χ3v) is 5.47. The van der Waals surface area contributed by atoms with Gasteiger partial charge in [-0.3, -0.25) is 4.90 Å². The van der Waals surface area contributed by atoms with Gasteiger partial charge in [-0.15, -0.1) is 0 Å². The average molecular weight is 318 g/mol. The number of aryl methyl sites for hydroxylation is 1. The van der Waals surface area contributed by atoms with Gasteiger partial charge < -0.3 is 0 Å². The minimum absolute atomic E-state index is 0.153. The fourth-order valence-corrected chi connectivity index (χ4v) is 3.23. The summed E-state index contributed by atoms with van der Waals surface area (Å²) in [6, 6.07) is 2.31. The Morgan fingerprint density at radius 1 is 1.55 bits per heavy atom. The van der Waals surface area contributed by atoms with Gasteiger partial charge in [-0.05, 0) is 45.4 Å². The van der Waals surface area contributed by atoms with Gasteiger partial charge in [-0.1, -0.05) is 11.6 Å². The van der Waals surface area contributed by atoms with Crippen molar-refractivity contribution in [2.45, 2.75) is 43.7 Å². The first-order valence-corrected chi connectivity index (χ1v) is 8.51. The molecule has 1 aromatic heterocycles. The molecule has 7 heteroatoms. The Labute approximate surface area is 125 Å². The Hall–Kier alpha value is -0.690. The van der Waals surface area contributed by atoms with Gasteiger partial charge in [0.25, 0.3) is 0 Å². The van der Waals surface area contributed by atoms with Gasteiger partial charge in [0.2, 0.25) is 10.0 Å². The number of aromatic nitrogens is 1. The van der Waals surface area contributed by atoms with Gasteiger partial charge >= 0.3 is 0 Å². The lowest BCUT2D eigenvalue weighted by Gasteiger charge is -2.24. The van der Waals surface area contributed by atoms with E-state index >= 15 is 0 Å². The van der Waals surface area contributed by atoms with Crippen molar-refractivity contribution in [3.63, 3.8) is 0 Å². The Morgan fingerprint density at radius 2 is 2.20 bits per heavy atom. The molecule has 2 rings (SSSR count). The number of halogens is 1. The van der Waals surface area contributed by atoms with Crippen LogP contribution in [0.4, 0.5) is 0 Å². The zero-order chi connectivity index (χ0) is 14.9. The normalized spacial score (nSPS) is 17.4. The SMILES string of the molecule is Cc1cc(S(=O)(=O)NCC(C)N(C)C2CC2)cnc1Cl. The van der Waals surface area contributed by atoms with Crippen LogP contribution < -0.4 is 4.72 Å². The molecule has 0 saturated heterocycles. The van der Waals surface area contributed by atoms with Gasteiger partial charge in [-0.2, -0.15) is 0 Å². The Bertz CT molecular complexity index is 587. The third-order valence-electron chi connectivity index (χ3n) is 3.69. The van der Waals surface area contributed by atoms with Crippen molar-refractivity contribution >= 4 is 21.6 Å². The molecule has 0 aliphatic heterocycles. The molecule has 1 N–H and O–H groups in total. The van der Waals surface area contributed by atoms with Crippen LogP contribution >= 0.6 is 11.6 Å². The van der Waals surface area contributed by atoms with Gasteiger partial charge in [0.05, 0.1) is 0 Å². The van der Waals surface area contributed by atoms with E-state index in [0.29, 0.717) is 23.3 Å². The van der Waals surface area contributed by atoms with Crippen LogP contribution in [0.2, 0.25) is 5.15 Å². The van der Waals surface area contributed by atoms with Crippen LogP contribution in [-0.2, 0) is 10.0 Å². The second kappa shape index (κ2) is 5.97. The summed E-state index contributed by atoms with van der Waals surface area (Å²) in [5.74, 6) is 0. The lowest BCUT2D eigenvalue weighted by Crippen LogP contribution is -2.41.